The highest BCUT2D eigenvalue weighted by atomic mass is 16.3. The third-order valence-corrected chi connectivity index (χ3v) is 12.3. The van der Waals surface area contributed by atoms with Crippen molar-refractivity contribution in [3.8, 4) is 0 Å². The van der Waals surface area contributed by atoms with E-state index >= 15 is 0 Å². The summed E-state index contributed by atoms with van der Waals surface area (Å²) in [6.45, 7) is 4.17. The van der Waals surface area contributed by atoms with Gasteiger partial charge in [0.05, 0.1) is 18.8 Å². The molecule has 0 radical (unpaired) electrons. The molecule has 0 aliphatic heterocycles. The standard InChI is InChI=1S/C53H103NO4/c1-3-5-7-9-11-13-15-17-18-19-20-21-22-23-24-25-26-27-28-29-30-31-32-33-34-35-36-38-40-42-44-46-48-52(57)53(58)54-50(49-55)51(56)47-45-43-41-39-37-16-14-12-10-8-6-4-2/h37,39,45,47,50-52,55-57H,3-36,38,40-44,46,48-49H2,1-2H3,(H,54,58)/b39-37+,47-45+. The number of allylic oxidation sites excluding steroid dienone is 3. The summed E-state index contributed by atoms with van der Waals surface area (Å²) in [7, 11) is 0. The molecule has 1 amide bonds. The molecular weight excluding hydrogens is 715 g/mol. The van der Waals surface area contributed by atoms with Gasteiger partial charge < -0.3 is 20.6 Å². The fourth-order valence-corrected chi connectivity index (χ4v) is 8.20. The Morgan fingerprint density at radius 1 is 0.414 bits per heavy atom. The molecule has 0 fully saturated rings. The predicted octanol–water partition coefficient (Wildman–Crippen LogP) is 15.7. The first-order chi connectivity index (χ1) is 28.6. The largest absolute Gasteiger partial charge is 0.394 e. The zero-order chi connectivity index (χ0) is 42.3. The Morgan fingerprint density at radius 3 is 1.05 bits per heavy atom. The van der Waals surface area contributed by atoms with Crippen molar-refractivity contribution in [3.05, 3.63) is 24.3 Å². The van der Waals surface area contributed by atoms with Crippen LogP contribution in [0, 0.1) is 0 Å². The number of carbonyl (C=O) groups is 1. The van der Waals surface area contributed by atoms with Gasteiger partial charge in [0.1, 0.15) is 6.10 Å². The normalized spacial score (nSPS) is 13.5. The monoisotopic (exact) mass is 818 g/mol. The lowest BCUT2D eigenvalue weighted by Crippen LogP contribution is -2.48. The fraction of sp³-hybridized carbons (Fsp3) is 0.906. The summed E-state index contributed by atoms with van der Waals surface area (Å²) < 4.78 is 0. The van der Waals surface area contributed by atoms with Crippen LogP contribution in [0.3, 0.4) is 0 Å². The smallest absolute Gasteiger partial charge is 0.249 e. The van der Waals surface area contributed by atoms with Crippen LogP contribution in [-0.2, 0) is 4.79 Å². The zero-order valence-electron chi connectivity index (χ0n) is 39.2. The number of rotatable bonds is 48. The summed E-state index contributed by atoms with van der Waals surface area (Å²) in [5, 5.41) is 33.1. The number of amides is 1. The first-order valence-electron chi connectivity index (χ1n) is 26.2. The van der Waals surface area contributed by atoms with E-state index in [4.69, 9.17) is 0 Å². The summed E-state index contributed by atoms with van der Waals surface area (Å²) in [6.07, 6.45) is 61.2. The molecule has 0 aromatic carbocycles. The maximum Gasteiger partial charge on any atom is 0.249 e. The minimum absolute atomic E-state index is 0.373. The van der Waals surface area contributed by atoms with Crippen LogP contribution in [0.5, 0.6) is 0 Å². The van der Waals surface area contributed by atoms with Crippen molar-refractivity contribution in [3.63, 3.8) is 0 Å². The number of aliphatic hydroxyl groups is 3. The van der Waals surface area contributed by atoms with E-state index < -0.39 is 24.2 Å². The lowest BCUT2D eigenvalue weighted by molar-refractivity contribution is -0.131. The third-order valence-electron chi connectivity index (χ3n) is 12.3. The van der Waals surface area contributed by atoms with Crippen LogP contribution in [-0.4, -0.2) is 46.1 Å². The van der Waals surface area contributed by atoms with Gasteiger partial charge in [0.2, 0.25) is 5.91 Å². The first-order valence-corrected chi connectivity index (χ1v) is 26.2. The molecule has 0 heterocycles. The highest BCUT2D eigenvalue weighted by Gasteiger charge is 2.22. The van der Waals surface area contributed by atoms with Crippen molar-refractivity contribution >= 4 is 5.91 Å². The van der Waals surface area contributed by atoms with Gasteiger partial charge in [-0.2, -0.15) is 0 Å². The molecular formula is C53H103NO4. The van der Waals surface area contributed by atoms with E-state index in [1.165, 1.54) is 225 Å². The summed E-state index contributed by atoms with van der Waals surface area (Å²) in [5.74, 6) is -0.509. The lowest BCUT2D eigenvalue weighted by atomic mass is 10.0. The van der Waals surface area contributed by atoms with Gasteiger partial charge in [-0.1, -0.05) is 276 Å². The van der Waals surface area contributed by atoms with Crippen LogP contribution in [0.1, 0.15) is 284 Å². The molecule has 0 spiro atoms. The molecule has 0 rings (SSSR count). The Hall–Kier alpha value is -1.17. The Bertz CT molecular complexity index is 859. The molecule has 0 aliphatic carbocycles. The van der Waals surface area contributed by atoms with Crippen molar-refractivity contribution in [2.75, 3.05) is 6.61 Å². The molecule has 5 heteroatoms. The van der Waals surface area contributed by atoms with Gasteiger partial charge >= 0.3 is 0 Å². The van der Waals surface area contributed by atoms with Gasteiger partial charge in [-0.3, -0.25) is 4.79 Å². The Kier molecular flexibility index (Phi) is 47.5. The molecule has 0 bridgehead atoms. The molecule has 5 nitrogen and oxygen atoms in total. The molecule has 3 unspecified atom stereocenters. The molecule has 3 atom stereocenters. The van der Waals surface area contributed by atoms with Crippen molar-refractivity contribution in [2.45, 2.75) is 302 Å². The summed E-state index contributed by atoms with van der Waals surface area (Å²) in [4.78, 5) is 12.5. The van der Waals surface area contributed by atoms with E-state index in [0.717, 1.165) is 38.5 Å². The van der Waals surface area contributed by atoms with Crippen LogP contribution >= 0.6 is 0 Å². The van der Waals surface area contributed by atoms with Crippen molar-refractivity contribution in [1.29, 1.82) is 0 Å². The van der Waals surface area contributed by atoms with Crippen molar-refractivity contribution in [1.82, 2.24) is 5.32 Å². The Labute approximate surface area is 362 Å². The van der Waals surface area contributed by atoms with Crippen LogP contribution in [0.25, 0.3) is 0 Å². The van der Waals surface area contributed by atoms with Gasteiger partial charge in [0.15, 0.2) is 0 Å². The second kappa shape index (κ2) is 48.5. The molecule has 0 aromatic rings. The van der Waals surface area contributed by atoms with E-state index in [-0.39, 0.29) is 6.61 Å². The van der Waals surface area contributed by atoms with Gasteiger partial charge in [-0.15, -0.1) is 0 Å². The first kappa shape index (κ1) is 56.8. The average molecular weight is 818 g/mol. The van der Waals surface area contributed by atoms with Gasteiger partial charge in [0, 0.05) is 0 Å². The predicted molar refractivity (Wildman–Crippen MR) is 255 cm³/mol. The Morgan fingerprint density at radius 2 is 0.707 bits per heavy atom. The number of hydrogen-bond donors (Lipinski definition) is 4. The summed E-state index contributed by atoms with van der Waals surface area (Å²) in [6, 6.07) is -0.810. The average Bonchev–Trinajstić information content (AvgIpc) is 3.23. The maximum atomic E-state index is 12.5. The second-order valence-electron chi connectivity index (χ2n) is 18.1. The molecule has 4 N–H and O–H groups in total. The SMILES string of the molecule is CCCCCCCC/C=C/CC/C=C/C(O)C(CO)NC(=O)C(O)CCCCCCCCCCCCCCCCCCCCCCCCCCCCCCCCCC. The third kappa shape index (κ3) is 42.9. The molecule has 0 saturated heterocycles. The number of nitrogens with one attached hydrogen (secondary N) is 1. The molecule has 0 saturated carbocycles. The minimum Gasteiger partial charge on any atom is -0.394 e. The topological polar surface area (TPSA) is 89.8 Å². The number of aliphatic hydroxyl groups excluding tert-OH is 3. The Balaban J connectivity index is 3.48. The number of unbranched alkanes of at least 4 members (excludes halogenated alkanes) is 38. The van der Waals surface area contributed by atoms with Crippen LogP contribution in [0.15, 0.2) is 24.3 Å². The van der Waals surface area contributed by atoms with Gasteiger partial charge in [0.25, 0.3) is 0 Å². The maximum absolute atomic E-state index is 12.5. The minimum atomic E-state index is -1.10. The highest BCUT2D eigenvalue weighted by molar-refractivity contribution is 5.80. The fourth-order valence-electron chi connectivity index (χ4n) is 8.20. The van der Waals surface area contributed by atoms with Crippen molar-refractivity contribution in [2.24, 2.45) is 0 Å². The molecule has 344 valence electrons. The van der Waals surface area contributed by atoms with E-state index in [0.29, 0.717) is 6.42 Å². The van der Waals surface area contributed by atoms with Crippen molar-refractivity contribution < 1.29 is 20.1 Å². The lowest BCUT2D eigenvalue weighted by Gasteiger charge is -2.21. The van der Waals surface area contributed by atoms with E-state index in [1.54, 1.807) is 6.08 Å². The molecule has 0 aliphatic rings. The second-order valence-corrected chi connectivity index (χ2v) is 18.1. The summed E-state index contributed by atoms with van der Waals surface area (Å²) in [5.41, 5.74) is 0. The molecule has 58 heavy (non-hydrogen) atoms. The van der Waals surface area contributed by atoms with E-state index in [9.17, 15) is 20.1 Å². The van der Waals surface area contributed by atoms with Crippen LogP contribution < -0.4 is 5.32 Å². The quantitative estimate of drug-likeness (QED) is 0.0364. The highest BCUT2D eigenvalue weighted by Crippen LogP contribution is 2.17. The van der Waals surface area contributed by atoms with Crippen LogP contribution in [0.4, 0.5) is 0 Å². The number of hydrogen-bond acceptors (Lipinski definition) is 4. The van der Waals surface area contributed by atoms with Gasteiger partial charge in [-0.25, -0.2) is 0 Å². The molecule has 0 aromatic heterocycles. The van der Waals surface area contributed by atoms with Crippen LogP contribution in [0.2, 0.25) is 0 Å². The number of carbonyl (C=O) groups excluding carboxylic acids is 1. The van der Waals surface area contributed by atoms with E-state index in [2.05, 4.69) is 31.3 Å². The van der Waals surface area contributed by atoms with Gasteiger partial charge in [-0.05, 0) is 32.1 Å². The van der Waals surface area contributed by atoms with E-state index in [1.807, 2.05) is 6.08 Å². The zero-order valence-corrected chi connectivity index (χ0v) is 39.2. The summed E-state index contributed by atoms with van der Waals surface area (Å²) >= 11 is 0.